The molecule has 3 aromatic rings. The second kappa shape index (κ2) is 11.1. The molecule has 9 heteroatoms. The molecule has 0 atom stereocenters. The molecule has 0 fully saturated rings. The average Bonchev–Trinajstić information content (AvgIpc) is 3.18. The number of rotatable bonds is 7. The molecule has 30 heavy (non-hydrogen) atoms. The van der Waals surface area contributed by atoms with Gasteiger partial charge in [-0.25, -0.2) is 9.78 Å². The van der Waals surface area contributed by atoms with E-state index in [1.807, 2.05) is 31.2 Å². The van der Waals surface area contributed by atoms with Gasteiger partial charge in [0.25, 0.3) is 0 Å². The number of pyridine rings is 1. The summed E-state index contributed by atoms with van der Waals surface area (Å²) >= 11 is -0.750. The highest BCUT2D eigenvalue weighted by Gasteiger charge is 2.17. The molecule has 0 saturated carbocycles. The fourth-order valence-corrected chi connectivity index (χ4v) is 2.83. The molecule has 8 nitrogen and oxygen atoms in total. The van der Waals surface area contributed by atoms with E-state index in [2.05, 4.69) is 23.8 Å². The van der Waals surface area contributed by atoms with Crippen molar-refractivity contribution in [2.75, 3.05) is 7.11 Å². The molecular formula is C21H24N2O6S. The molecule has 0 amide bonds. The Balaban J connectivity index is 0.00000101. The lowest BCUT2D eigenvalue weighted by atomic mass is 10.2. The number of hydrogen-bond acceptors (Lipinski definition) is 7. The van der Waals surface area contributed by atoms with Gasteiger partial charge in [-0.1, -0.05) is 19.9 Å². The number of ether oxygens (including phenoxy) is 3. The van der Waals surface area contributed by atoms with E-state index in [1.165, 1.54) is 7.11 Å². The van der Waals surface area contributed by atoms with Crippen LogP contribution in [0.25, 0.3) is 10.9 Å². The van der Waals surface area contributed by atoms with Crippen molar-refractivity contribution in [3.8, 4) is 17.4 Å². The van der Waals surface area contributed by atoms with Crippen LogP contribution in [0.5, 0.6) is 17.4 Å². The van der Waals surface area contributed by atoms with Gasteiger partial charge in [-0.3, -0.25) is 0 Å². The first kappa shape index (κ1) is 23.1. The molecular weight excluding hydrogens is 408 g/mol. The van der Waals surface area contributed by atoms with Gasteiger partial charge in [-0.15, -0.1) is 0 Å². The number of carbonyl (C=O) groups excluding carboxylic acids is 1. The number of benzene rings is 1. The van der Waals surface area contributed by atoms with Gasteiger partial charge in [0.1, 0.15) is 17.2 Å². The molecule has 0 unspecified atom stereocenters. The van der Waals surface area contributed by atoms with E-state index in [4.69, 9.17) is 22.6 Å². The molecule has 0 saturated heterocycles. The maximum Gasteiger partial charge on any atom is 0.354 e. The number of aromatic nitrogens is 2. The number of aromatic amines is 1. The Bertz CT molecular complexity index is 1020. The quantitative estimate of drug-likeness (QED) is 0.553. The van der Waals surface area contributed by atoms with Crippen molar-refractivity contribution < 1.29 is 27.4 Å². The predicted molar refractivity (Wildman–Crippen MR) is 113 cm³/mol. The Hall–Kier alpha value is -3.20. The molecule has 0 radical (unpaired) electrons. The SMILES string of the molecule is CCC(CC)Oc1cc(Oc2ccc(C)cn2)cc2cc(C(=O)OC)[nH]c12.O=S=O. The normalized spacial score (nSPS) is 10.3. The lowest BCUT2D eigenvalue weighted by Crippen LogP contribution is -2.14. The van der Waals surface area contributed by atoms with Crippen LogP contribution in [-0.4, -0.2) is 37.6 Å². The van der Waals surface area contributed by atoms with Gasteiger partial charge in [-0.2, -0.15) is 8.42 Å². The average molecular weight is 432 g/mol. The molecule has 0 aliphatic rings. The van der Waals surface area contributed by atoms with Crippen molar-refractivity contribution in [2.24, 2.45) is 0 Å². The zero-order chi connectivity index (χ0) is 22.1. The van der Waals surface area contributed by atoms with Crippen molar-refractivity contribution in [3.63, 3.8) is 0 Å². The van der Waals surface area contributed by atoms with Crippen LogP contribution in [0, 0.1) is 6.92 Å². The van der Waals surface area contributed by atoms with Crippen LogP contribution >= 0.6 is 0 Å². The van der Waals surface area contributed by atoms with Gasteiger partial charge in [-0.05, 0) is 37.5 Å². The highest BCUT2D eigenvalue weighted by atomic mass is 32.1. The molecule has 2 aromatic heterocycles. The molecule has 0 bridgehead atoms. The van der Waals surface area contributed by atoms with Crippen molar-refractivity contribution in [1.82, 2.24) is 9.97 Å². The Morgan fingerprint density at radius 1 is 1.17 bits per heavy atom. The lowest BCUT2D eigenvalue weighted by molar-refractivity contribution is 0.0595. The summed E-state index contributed by atoms with van der Waals surface area (Å²) in [5, 5.41) is 0.806. The number of nitrogens with one attached hydrogen (secondary N) is 1. The minimum absolute atomic E-state index is 0.0748. The summed E-state index contributed by atoms with van der Waals surface area (Å²) in [4.78, 5) is 19.3. The summed E-state index contributed by atoms with van der Waals surface area (Å²) in [5.74, 6) is 1.30. The van der Waals surface area contributed by atoms with Crippen LogP contribution in [-0.2, 0) is 16.3 Å². The number of hydrogen-bond donors (Lipinski definition) is 1. The number of fused-ring (bicyclic) bond motifs is 1. The second-order valence-electron chi connectivity index (χ2n) is 6.46. The smallest absolute Gasteiger partial charge is 0.354 e. The first-order valence-corrected chi connectivity index (χ1v) is 10.1. The molecule has 0 spiro atoms. The van der Waals surface area contributed by atoms with E-state index in [9.17, 15) is 4.79 Å². The topological polar surface area (TPSA) is 108 Å². The fraction of sp³-hybridized carbons (Fsp3) is 0.333. The largest absolute Gasteiger partial charge is 0.488 e. The Labute approximate surface area is 178 Å². The predicted octanol–water partition coefficient (Wildman–Crippen LogP) is 4.35. The van der Waals surface area contributed by atoms with E-state index < -0.39 is 17.5 Å². The summed E-state index contributed by atoms with van der Waals surface area (Å²) in [7, 11) is 1.35. The lowest BCUT2D eigenvalue weighted by Gasteiger charge is -2.17. The standard InChI is InChI=1S/C21H24N2O4.O2S/c1-5-15(6-2)26-18-11-16(27-19-8-7-13(3)12-22-19)9-14-10-17(21(24)25-4)23-20(14)18;1-3-2/h7-12,15,23H,5-6H2,1-4H3;. The number of aryl methyl sites for hydroxylation is 1. The van der Waals surface area contributed by atoms with E-state index in [-0.39, 0.29) is 6.10 Å². The van der Waals surface area contributed by atoms with Gasteiger partial charge in [0.15, 0.2) is 0 Å². The molecule has 2 heterocycles. The van der Waals surface area contributed by atoms with E-state index >= 15 is 0 Å². The van der Waals surface area contributed by atoms with Crippen molar-refractivity contribution in [1.29, 1.82) is 0 Å². The minimum atomic E-state index is -0.750. The summed E-state index contributed by atoms with van der Waals surface area (Å²) in [6.45, 7) is 6.13. The zero-order valence-corrected chi connectivity index (χ0v) is 18.1. The van der Waals surface area contributed by atoms with Crippen LogP contribution in [0.4, 0.5) is 0 Å². The van der Waals surface area contributed by atoms with Crippen LogP contribution < -0.4 is 9.47 Å². The summed E-state index contributed by atoms with van der Waals surface area (Å²) < 4.78 is 33.5. The van der Waals surface area contributed by atoms with Crippen LogP contribution in [0.2, 0.25) is 0 Å². The highest BCUT2D eigenvalue weighted by molar-refractivity contribution is 7.51. The van der Waals surface area contributed by atoms with Crippen molar-refractivity contribution >= 4 is 28.4 Å². The summed E-state index contributed by atoms with van der Waals surface area (Å²) in [6.07, 6.45) is 3.59. The molecule has 0 aliphatic heterocycles. The number of methoxy groups -OCH3 is 1. The molecule has 160 valence electrons. The zero-order valence-electron chi connectivity index (χ0n) is 17.3. The molecule has 1 aromatic carbocycles. The van der Waals surface area contributed by atoms with Gasteiger partial charge >= 0.3 is 17.5 Å². The Kier molecular flexibility index (Phi) is 8.54. The van der Waals surface area contributed by atoms with Crippen molar-refractivity contribution in [2.45, 2.75) is 39.7 Å². The van der Waals surface area contributed by atoms with Gasteiger partial charge < -0.3 is 19.2 Å². The fourth-order valence-electron chi connectivity index (χ4n) is 2.83. The highest BCUT2D eigenvalue weighted by Crippen LogP contribution is 2.34. The monoisotopic (exact) mass is 432 g/mol. The third-order valence-electron chi connectivity index (χ3n) is 4.38. The number of esters is 1. The third-order valence-corrected chi connectivity index (χ3v) is 4.38. The number of H-pyrrole nitrogens is 1. The molecule has 1 N–H and O–H groups in total. The van der Waals surface area contributed by atoms with E-state index in [0.29, 0.717) is 23.1 Å². The maximum absolute atomic E-state index is 11.9. The first-order chi connectivity index (χ1) is 14.4. The van der Waals surface area contributed by atoms with Gasteiger partial charge in [0.2, 0.25) is 5.88 Å². The minimum Gasteiger partial charge on any atom is -0.488 e. The second-order valence-corrected chi connectivity index (χ2v) is 6.60. The third kappa shape index (κ3) is 5.90. The van der Waals surface area contributed by atoms with Crippen LogP contribution in [0.15, 0.2) is 36.5 Å². The maximum atomic E-state index is 11.9. The molecule has 3 rings (SSSR count). The number of nitrogens with zero attached hydrogens (tertiary/aromatic N) is 1. The summed E-state index contributed by atoms with van der Waals surface area (Å²) in [5.41, 5.74) is 2.17. The Morgan fingerprint density at radius 2 is 1.87 bits per heavy atom. The number of carbonyl (C=O) groups is 1. The van der Waals surface area contributed by atoms with Gasteiger partial charge in [0.05, 0.1) is 18.7 Å². The van der Waals surface area contributed by atoms with E-state index in [1.54, 1.807) is 12.3 Å². The van der Waals surface area contributed by atoms with Gasteiger partial charge in [0, 0.05) is 23.7 Å². The first-order valence-electron chi connectivity index (χ1n) is 9.39. The van der Waals surface area contributed by atoms with Crippen LogP contribution in [0.1, 0.15) is 42.7 Å². The van der Waals surface area contributed by atoms with Crippen LogP contribution in [0.3, 0.4) is 0 Å². The Morgan fingerprint density at radius 3 is 2.43 bits per heavy atom. The van der Waals surface area contributed by atoms with Crippen molar-refractivity contribution in [3.05, 3.63) is 47.8 Å². The summed E-state index contributed by atoms with van der Waals surface area (Å²) in [6, 6.07) is 9.15. The van der Waals surface area contributed by atoms with E-state index in [0.717, 1.165) is 29.3 Å². The molecule has 0 aliphatic carbocycles.